The van der Waals surface area contributed by atoms with Crippen LogP contribution in [0.1, 0.15) is 212 Å². The molecular formula is C89H113Cl4F6N13O7. The van der Waals surface area contributed by atoms with Gasteiger partial charge in [0.1, 0.15) is 5.60 Å². The molecule has 0 atom stereocenters. The first-order valence-corrected chi connectivity index (χ1v) is 41.3. The van der Waals surface area contributed by atoms with Crippen LogP contribution in [0.4, 0.5) is 53.9 Å². The topological polar surface area (TPSA) is 293 Å². The van der Waals surface area contributed by atoms with Gasteiger partial charge in [-0.1, -0.05) is 76.7 Å². The van der Waals surface area contributed by atoms with Crippen LogP contribution < -0.4 is 49.7 Å². The van der Waals surface area contributed by atoms with Gasteiger partial charge in [0.15, 0.2) is 5.69 Å². The fourth-order valence-corrected chi connectivity index (χ4v) is 14.6. The maximum atomic E-state index is 13.0. The second-order valence-corrected chi connectivity index (χ2v) is 32.9. The number of carbonyl (C=O) groups is 4. The molecule has 2 aliphatic heterocycles. The molecule has 30 heteroatoms. The van der Waals surface area contributed by atoms with Crippen molar-refractivity contribution in [2.75, 3.05) is 49.3 Å². The minimum Gasteiger partial charge on any atom is -0.462 e. The number of esters is 2. The SMILES string of the molecule is CCOC(=O)c1cc(C)cc(Cl)c1.CCOC(=O)c1cc(C)cc(NC2CCC(NC(=O)OC(C)(C)C)CC2)c1.CN1CCC(N)CC1.Cc1cc(NC2CCC(N)CC2)cc(C(=O)NN)c1.Cc1cc(NC2CCC(N)CC2)cc(C2=NN=C(c3ccc(C(F)(F)F)c(Cl)c3)C2)c1.Cc1cccc(Cl)c1.[C-]#[N+]c1ccc(C(F)(F)F)c(Cl)c1. The highest BCUT2D eigenvalue weighted by Crippen LogP contribution is 2.38. The number of nitrogens with one attached hydrogen (secondary N) is 5. The third-order valence-electron chi connectivity index (χ3n) is 19.5. The molecule has 119 heavy (non-hydrogen) atoms. The first kappa shape index (κ1) is 98.8. The number of hydrazine groups is 1. The average Bonchev–Trinajstić information content (AvgIpc) is 1.71. The van der Waals surface area contributed by atoms with Crippen molar-refractivity contribution in [3.05, 3.63) is 232 Å². The fourth-order valence-electron chi connectivity index (χ4n) is 13.5. The molecule has 4 fully saturated rings. The Labute approximate surface area is 715 Å². The van der Waals surface area contributed by atoms with Crippen LogP contribution in [0.5, 0.6) is 0 Å². The molecule has 0 radical (unpaired) electrons. The number of nitrogens with zero attached hydrogens (tertiary/aromatic N) is 4. The molecular weight excluding hydrogens is 1620 g/mol. The van der Waals surface area contributed by atoms with Crippen molar-refractivity contribution >= 4 is 105 Å². The molecule has 13 N–H and O–H groups in total. The molecule has 646 valence electrons. The van der Waals surface area contributed by atoms with E-state index in [0.717, 1.165) is 157 Å². The Morgan fingerprint density at radius 3 is 1.34 bits per heavy atom. The standard InChI is InChI=1S/C23H24ClF3N4.C21H32N2O4.C14H22N4O.C10H11ClO2.C8H3ClF3N.C7H7Cl.C6H14N2/c1-13-8-15(10-18(9-13)29-17-5-3-16(28)4-6-17)22-12-21(30-31-22)14-2-7-19(20(24)11-14)23(25,26)27;1-6-26-19(24)15-11-14(2)12-18(13-15)22-16-7-9-17(10-8-16)23-20(25)27-21(3,4)5;1-9-6-10(14(19)18-16)8-13(7-9)17-12-4-2-11(15)3-5-12;1-3-13-10(12)8-4-7(2)5-9(11)6-8;1-13-5-2-3-6(7(9)4-5)8(10,11)12;1-6-3-2-4-7(8)5-6;1-8-4-2-6(7)3-5-8/h2,7-11,16-17,29H,3-6,12,28H2,1H3;11-13,16-17,22H,6-10H2,1-5H3,(H,23,25);6-8,11-12,17H,2-5,15-16H2,1H3,(H,18,19);4-6H,3H2,1-2H3;2-4H;2-5H,1H3;6H,2-5,7H2,1H3. The number of benzene rings is 7. The van der Waals surface area contributed by atoms with Crippen molar-refractivity contribution in [1.29, 1.82) is 0 Å². The van der Waals surface area contributed by atoms with Gasteiger partial charge in [-0.2, -0.15) is 36.5 Å². The molecule has 2 amide bonds. The van der Waals surface area contributed by atoms with Crippen molar-refractivity contribution in [3.63, 3.8) is 0 Å². The van der Waals surface area contributed by atoms with Crippen molar-refractivity contribution < 1.29 is 59.7 Å². The normalized spacial score (nSPS) is 18.5. The van der Waals surface area contributed by atoms with Gasteiger partial charge in [-0.05, 0) is 316 Å². The van der Waals surface area contributed by atoms with Crippen LogP contribution in [0.25, 0.3) is 4.85 Å². The van der Waals surface area contributed by atoms with Gasteiger partial charge in [-0.3, -0.25) is 10.2 Å². The highest BCUT2D eigenvalue weighted by Gasteiger charge is 2.35. The number of anilines is 3. The summed E-state index contributed by atoms with van der Waals surface area (Å²) in [6.07, 6.45) is 5.59. The maximum absolute atomic E-state index is 13.0. The van der Waals surface area contributed by atoms with Crippen LogP contribution in [0.2, 0.25) is 20.1 Å². The molecule has 7 aromatic carbocycles. The minimum atomic E-state index is -4.48. The molecule has 12 rings (SSSR count). The fraction of sp³-hybridized carbons (Fsp3) is 0.449. The molecule has 20 nitrogen and oxygen atoms in total. The van der Waals surface area contributed by atoms with Crippen molar-refractivity contribution in [2.24, 2.45) is 33.2 Å². The Hall–Kier alpha value is -9.01. The van der Waals surface area contributed by atoms with Gasteiger partial charge in [0, 0.05) is 92.0 Å². The van der Waals surface area contributed by atoms with Gasteiger partial charge >= 0.3 is 30.4 Å². The third-order valence-corrected chi connectivity index (χ3v) is 20.6. The average molecular weight is 1730 g/mol. The van der Waals surface area contributed by atoms with Crippen molar-refractivity contribution in [3.8, 4) is 0 Å². The van der Waals surface area contributed by atoms with Crippen molar-refractivity contribution in [1.82, 2.24) is 15.6 Å². The third kappa shape index (κ3) is 35.7. The number of likely N-dealkylation sites (tertiary alicyclic amines) is 1. The van der Waals surface area contributed by atoms with Gasteiger partial charge in [-0.25, -0.2) is 25.1 Å². The van der Waals surface area contributed by atoms with Crippen LogP contribution in [-0.4, -0.2) is 122 Å². The zero-order valence-corrected chi connectivity index (χ0v) is 72.4. The number of ether oxygens (including phenoxy) is 3. The second kappa shape index (κ2) is 47.8. The Kier molecular flexibility index (Phi) is 39.7. The zero-order chi connectivity index (χ0) is 87.9. The molecule has 0 spiro atoms. The van der Waals surface area contributed by atoms with E-state index in [1.807, 2.05) is 122 Å². The number of carbonyl (C=O) groups excluding carboxylic acids is 4. The molecule has 3 aliphatic carbocycles. The molecule has 0 aromatic heterocycles. The molecule has 1 saturated heterocycles. The number of nitrogens with two attached hydrogens (primary N) is 4. The summed E-state index contributed by atoms with van der Waals surface area (Å²) < 4.78 is 90.5. The summed E-state index contributed by atoms with van der Waals surface area (Å²) in [6, 6.07) is 39.5. The predicted molar refractivity (Wildman–Crippen MR) is 468 cm³/mol. The van der Waals surface area contributed by atoms with E-state index in [1.54, 1.807) is 32.0 Å². The Morgan fingerprint density at radius 2 is 0.916 bits per heavy atom. The van der Waals surface area contributed by atoms with Crippen LogP contribution in [0, 0.1) is 41.2 Å². The molecule has 0 unspecified atom stereocenters. The number of rotatable bonds is 14. The lowest BCUT2D eigenvalue weighted by Gasteiger charge is -2.31. The highest BCUT2D eigenvalue weighted by atomic mass is 35.5. The summed E-state index contributed by atoms with van der Waals surface area (Å²) >= 11 is 22.6. The zero-order valence-electron chi connectivity index (χ0n) is 69.4. The summed E-state index contributed by atoms with van der Waals surface area (Å²) in [5.41, 5.74) is 30.4. The van der Waals surface area contributed by atoms with Crippen LogP contribution in [0.15, 0.2) is 144 Å². The highest BCUT2D eigenvalue weighted by molar-refractivity contribution is 6.33. The van der Waals surface area contributed by atoms with Crippen LogP contribution in [-0.2, 0) is 26.6 Å². The van der Waals surface area contributed by atoms with E-state index < -0.39 is 34.1 Å². The maximum Gasteiger partial charge on any atom is 0.417 e. The molecule has 5 aliphatic rings. The number of aryl methyl sites for hydroxylation is 5. The van der Waals surface area contributed by atoms with Gasteiger partial charge in [0.25, 0.3) is 5.91 Å². The first-order chi connectivity index (χ1) is 56.1. The number of piperidine rings is 1. The summed E-state index contributed by atoms with van der Waals surface area (Å²) in [5, 5.41) is 22.7. The first-order valence-electron chi connectivity index (χ1n) is 39.8. The molecule has 7 aromatic rings. The second-order valence-electron chi connectivity index (χ2n) is 31.2. The number of hydrogen-bond acceptors (Lipinski definition) is 17. The smallest absolute Gasteiger partial charge is 0.417 e. The molecule has 2 heterocycles. The number of hydrogen-bond donors (Lipinski definition) is 9. The van der Waals surface area contributed by atoms with E-state index in [4.69, 9.17) is 90.2 Å². The Bertz CT molecular complexity index is 4540. The van der Waals surface area contributed by atoms with Gasteiger partial charge in [0.05, 0.1) is 58.5 Å². The van der Waals surface area contributed by atoms with Crippen LogP contribution in [0.3, 0.4) is 0 Å². The Morgan fingerprint density at radius 1 is 0.496 bits per heavy atom. The summed E-state index contributed by atoms with van der Waals surface area (Å²) in [6.45, 7) is 28.7. The molecule has 0 bridgehead atoms. The van der Waals surface area contributed by atoms with Gasteiger partial charge in [0.2, 0.25) is 0 Å². The Balaban J connectivity index is 0.000000227. The summed E-state index contributed by atoms with van der Waals surface area (Å²) in [7, 11) is 2.14. The van der Waals surface area contributed by atoms with E-state index in [2.05, 4.69) is 65.8 Å². The summed E-state index contributed by atoms with van der Waals surface area (Å²) in [4.78, 5) is 52.0. The van der Waals surface area contributed by atoms with E-state index in [9.17, 15) is 45.5 Å². The lowest BCUT2D eigenvalue weighted by Crippen LogP contribution is -2.42. The number of nitrogen functional groups attached to an aromatic ring is 1. The van der Waals surface area contributed by atoms with Gasteiger partial charge in [-0.15, -0.1) is 0 Å². The van der Waals surface area contributed by atoms with Crippen molar-refractivity contribution in [2.45, 2.75) is 226 Å². The van der Waals surface area contributed by atoms with E-state index in [1.165, 1.54) is 43.6 Å². The van der Waals surface area contributed by atoms with E-state index in [0.29, 0.717) is 88.9 Å². The predicted octanol–water partition coefficient (Wildman–Crippen LogP) is 21.1. The van der Waals surface area contributed by atoms with Gasteiger partial charge < -0.3 is 57.6 Å². The monoisotopic (exact) mass is 1730 g/mol. The number of amides is 2. The minimum absolute atomic E-state index is 0.0954. The lowest BCUT2D eigenvalue weighted by molar-refractivity contribution is -0.138. The quantitative estimate of drug-likeness (QED) is 0.00930. The molecule has 3 saturated carbocycles. The number of halogens is 10. The van der Waals surface area contributed by atoms with Crippen LogP contribution >= 0.6 is 46.4 Å². The lowest BCUT2D eigenvalue weighted by atomic mass is 9.91. The number of alkyl carbamates (subject to hydrolysis) is 1. The van der Waals surface area contributed by atoms with E-state index >= 15 is 0 Å². The number of alkyl halides is 6. The largest absolute Gasteiger partial charge is 0.462 e. The van der Waals surface area contributed by atoms with E-state index in [-0.39, 0.29) is 40.7 Å². The summed E-state index contributed by atoms with van der Waals surface area (Å²) in [5.74, 6) is 4.28.